The highest BCUT2D eigenvalue weighted by molar-refractivity contribution is 8.03. The number of nitrogens with one attached hydrogen (secondary N) is 1. The highest BCUT2D eigenvalue weighted by Gasteiger charge is 2.16. The summed E-state index contributed by atoms with van der Waals surface area (Å²) in [7, 11) is 0. The molecule has 3 nitrogen and oxygen atoms in total. The molecule has 0 aromatic carbocycles. The molecule has 0 atom stereocenters. The van der Waals surface area contributed by atoms with Gasteiger partial charge in [0, 0.05) is 53.4 Å². The zero-order valence-corrected chi connectivity index (χ0v) is 14.5. The molecule has 3 rings (SSSR count). The molecule has 0 unspecified atom stereocenters. The van der Waals surface area contributed by atoms with Crippen LogP contribution in [0.4, 0.5) is 0 Å². The Morgan fingerprint density at radius 2 is 1.86 bits per heavy atom. The molecule has 0 bridgehead atoms. The molecule has 0 radical (unpaired) electrons. The van der Waals surface area contributed by atoms with Gasteiger partial charge in [-0.25, -0.2) is 9.97 Å². The van der Waals surface area contributed by atoms with Gasteiger partial charge >= 0.3 is 0 Å². The quantitative estimate of drug-likeness (QED) is 0.922. The monoisotopic (exact) mass is 323 g/mol. The Kier molecular flexibility index (Phi) is 5.83. The number of fused-ring (bicyclic) bond motifs is 1. The molecule has 0 spiro atoms. The second-order valence-electron chi connectivity index (χ2n) is 5.91. The summed E-state index contributed by atoms with van der Waals surface area (Å²) in [6.45, 7) is 3.16. The molecule has 1 aromatic heterocycles. The van der Waals surface area contributed by atoms with Gasteiger partial charge in [0.1, 0.15) is 5.82 Å². The second-order valence-corrected chi connectivity index (χ2v) is 8.21. The van der Waals surface area contributed by atoms with Crippen LogP contribution in [-0.4, -0.2) is 45.6 Å². The van der Waals surface area contributed by atoms with Crippen LogP contribution in [0.3, 0.4) is 0 Å². The first-order chi connectivity index (χ1) is 10.3. The fraction of sp³-hybridized carbons (Fsp3) is 0.750. The molecule has 2 aliphatic rings. The van der Waals surface area contributed by atoms with Crippen molar-refractivity contribution >= 4 is 23.5 Å². The predicted molar refractivity (Wildman–Crippen MR) is 93.6 cm³/mol. The fourth-order valence-electron chi connectivity index (χ4n) is 3.08. The first-order valence-electron chi connectivity index (χ1n) is 8.07. The van der Waals surface area contributed by atoms with Gasteiger partial charge < -0.3 is 5.32 Å². The van der Waals surface area contributed by atoms with E-state index in [0.29, 0.717) is 6.04 Å². The summed E-state index contributed by atoms with van der Waals surface area (Å²) in [5, 5.41) is 3.69. The fourth-order valence-corrected chi connectivity index (χ4v) is 5.55. The molecular formula is C16H25N3S2. The molecule has 1 aromatic rings. The zero-order chi connectivity index (χ0) is 14.5. The Bertz CT molecular complexity index is 471. The van der Waals surface area contributed by atoms with E-state index in [2.05, 4.69) is 35.8 Å². The van der Waals surface area contributed by atoms with Crippen LogP contribution in [0.5, 0.6) is 0 Å². The Labute approximate surface area is 136 Å². The average molecular weight is 324 g/mol. The Hall–Kier alpha value is -0.260. The maximum atomic E-state index is 4.81. The smallest absolute Gasteiger partial charge is 0.130 e. The third kappa shape index (κ3) is 4.36. The van der Waals surface area contributed by atoms with Crippen LogP contribution in [0, 0.1) is 6.92 Å². The van der Waals surface area contributed by atoms with Crippen molar-refractivity contribution in [1.29, 1.82) is 0 Å². The van der Waals surface area contributed by atoms with Crippen molar-refractivity contribution in [3.05, 3.63) is 22.8 Å². The van der Waals surface area contributed by atoms with Gasteiger partial charge in [-0.1, -0.05) is 0 Å². The van der Waals surface area contributed by atoms with Gasteiger partial charge in [-0.3, -0.25) is 0 Å². The van der Waals surface area contributed by atoms with Gasteiger partial charge in [-0.2, -0.15) is 23.5 Å². The number of aryl methyl sites for hydroxylation is 2. The van der Waals surface area contributed by atoms with E-state index in [-0.39, 0.29) is 0 Å². The molecule has 1 N–H and O–H groups in total. The Morgan fingerprint density at radius 3 is 2.67 bits per heavy atom. The maximum Gasteiger partial charge on any atom is 0.130 e. The summed E-state index contributed by atoms with van der Waals surface area (Å²) in [4.78, 5) is 9.54. The van der Waals surface area contributed by atoms with E-state index in [1.54, 1.807) is 0 Å². The Morgan fingerprint density at radius 1 is 1.10 bits per heavy atom. The molecule has 1 aliphatic heterocycles. The first-order valence-corrected chi connectivity index (χ1v) is 10.4. The summed E-state index contributed by atoms with van der Waals surface area (Å²) in [5.74, 6) is 6.13. The van der Waals surface area contributed by atoms with Crippen LogP contribution in [0.2, 0.25) is 0 Å². The predicted octanol–water partition coefficient (Wildman–Crippen LogP) is 2.64. The van der Waals surface area contributed by atoms with E-state index in [4.69, 9.17) is 9.97 Å². The van der Waals surface area contributed by atoms with Crippen LogP contribution < -0.4 is 5.32 Å². The van der Waals surface area contributed by atoms with E-state index in [9.17, 15) is 0 Å². The average Bonchev–Trinajstić information content (AvgIpc) is 2.76. The van der Waals surface area contributed by atoms with Crippen molar-refractivity contribution in [2.45, 2.75) is 45.1 Å². The number of thioether (sulfide) groups is 2. The van der Waals surface area contributed by atoms with Gasteiger partial charge in [0.15, 0.2) is 0 Å². The lowest BCUT2D eigenvalue weighted by Crippen LogP contribution is -2.35. The molecule has 1 saturated heterocycles. The minimum absolute atomic E-state index is 0.654. The highest BCUT2D eigenvalue weighted by Crippen LogP contribution is 2.21. The lowest BCUT2D eigenvalue weighted by Gasteiger charge is -2.18. The van der Waals surface area contributed by atoms with Crippen molar-refractivity contribution in [2.24, 2.45) is 0 Å². The van der Waals surface area contributed by atoms with Crippen LogP contribution in [0.1, 0.15) is 35.6 Å². The van der Waals surface area contributed by atoms with Gasteiger partial charge in [-0.15, -0.1) is 0 Å². The standard InChI is InChI=1S/C16H25N3S2/c1-12-14-4-2-3-5-15(14)19-16(18-12)6-7-17-13-10-20-8-9-21-11-13/h13,17H,2-11H2,1H3. The lowest BCUT2D eigenvalue weighted by atomic mass is 9.95. The molecule has 0 saturated carbocycles. The van der Waals surface area contributed by atoms with Gasteiger partial charge in [0.2, 0.25) is 0 Å². The summed E-state index contributed by atoms with van der Waals surface area (Å²) < 4.78 is 0. The number of hydrogen-bond acceptors (Lipinski definition) is 5. The number of aromatic nitrogens is 2. The lowest BCUT2D eigenvalue weighted by molar-refractivity contribution is 0.588. The van der Waals surface area contributed by atoms with Gasteiger partial charge in [0.25, 0.3) is 0 Å². The Balaban J connectivity index is 1.54. The molecule has 2 heterocycles. The van der Waals surface area contributed by atoms with Crippen molar-refractivity contribution in [3.63, 3.8) is 0 Å². The normalized spacial score (nSPS) is 20.0. The summed E-state index contributed by atoms with van der Waals surface area (Å²) in [6, 6.07) is 0.654. The molecule has 5 heteroatoms. The van der Waals surface area contributed by atoms with Crippen LogP contribution in [0.15, 0.2) is 0 Å². The molecule has 0 amide bonds. The van der Waals surface area contributed by atoms with Crippen LogP contribution in [-0.2, 0) is 19.3 Å². The SMILES string of the molecule is Cc1nc(CCNC2CSCCSC2)nc2c1CCCC2. The number of nitrogens with zero attached hydrogens (tertiary/aromatic N) is 2. The summed E-state index contributed by atoms with van der Waals surface area (Å²) >= 11 is 4.15. The zero-order valence-electron chi connectivity index (χ0n) is 12.9. The summed E-state index contributed by atoms with van der Waals surface area (Å²) in [6.07, 6.45) is 5.87. The number of hydrogen-bond donors (Lipinski definition) is 1. The van der Waals surface area contributed by atoms with E-state index >= 15 is 0 Å². The largest absolute Gasteiger partial charge is 0.312 e. The minimum atomic E-state index is 0.654. The van der Waals surface area contributed by atoms with Gasteiger partial charge in [0.05, 0.1) is 0 Å². The molecular weight excluding hydrogens is 298 g/mol. The van der Waals surface area contributed by atoms with Gasteiger partial charge in [-0.05, 0) is 38.2 Å². The molecule has 1 fully saturated rings. The van der Waals surface area contributed by atoms with Crippen LogP contribution >= 0.6 is 23.5 Å². The van der Waals surface area contributed by atoms with Crippen molar-refractivity contribution in [3.8, 4) is 0 Å². The maximum absolute atomic E-state index is 4.81. The van der Waals surface area contributed by atoms with Crippen molar-refractivity contribution in [2.75, 3.05) is 29.6 Å². The highest BCUT2D eigenvalue weighted by atomic mass is 32.2. The third-order valence-corrected chi connectivity index (χ3v) is 6.75. The van der Waals surface area contributed by atoms with E-state index < -0.39 is 0 Å². The van der Waals surface area contributed by atoms with Crippen molar-refractivity contribution < 1.29 is 0 Å². The van der Waals surface area contributed by atoms with E-state index in [0.717, 1.165) is 25.2 Å². The second kappa shape index (κ2) is 7.84. The number of rotatable bonds is 4. The minimum Gasteiger partial charge on any atom is -0.312 e. The van der Waals surface area contributed by atoms with E-state index in [1.807, 2.05) is 0 Å². The van der Waals surface area contributed by atoms with E-state index in [1.165, 1.54) is 59.2 Å². The third-order valence-electron chi connectivity index (χ3n) is 4.23. The molecule has 21 heavy (non-hydrogen) atoms. The van der Waals surface area contributed by atoms with Crippen LogP contribution in [0.25, 0.3) is 0 Å². The topological polar surface area (TPSA) is 37.8 Å². The molecule has 116 valence electrons. The molecule has 1 aliphatic carbocycles. The summed E-state index contributed by atoms with van der Waals surface area (Å²) in [5.41, 5.74) is 3.97. The first kappa shape index (κ1) is 15.6. The van der Waals surface area contributed by atoms with Crippen molar-refractivity contribution in [1.82, 2.24) is 15.3 Å².